The molecule has 0 bridgehead atoms. The van der Waals surface area contributed by atoms with Crippen molar-refractivity contribution in [1.82, 2.24) is 4.90 Å². The number of nitrogens with one attached hydrogen (secondary N) is 1. The van der Waals surface area contributed by atoms with Crippen LogP contribution in [-0.4, -0.2) is 54.5 Å². The van der Waals surface area contributed by atoms with Gasteiger partial charge in [-0.15, -0.1) is 0 Å². The van der Waals surface area contributed by atoms with Crippen LogP contribution < -0.4 is 10.3 Å². The van der Waals surface area contributed by atoms with E-state index in [1.807, 2.05) is 30.3 Å². The fourth-order valence-electron chi connectivity index (χ4n) is 2.93. The van der Waals surface area contributed by atoms with Crippen LogP contribution in [0.5, 0.6) is 0 Å². The highest BCUT2D eigenvalue weighted by atomic mass is 32.2. The van der Waals surface area contributed by atoms with E-state index in [1.54, 1.807) is 45.3 Å². The lowest BCUT2D eigenvalue weighted by Gasteiger charge is -2.23. The number of para-hydroxylation sites is 2. The molecule has 2 aromatic carbocycles. The Labute approximate surface area is 185 Å². The highest BCUT2D eigenvalue weighted by molar-refractivity contribution is 8.13. The molecule has 3 rings (SSSR count). The smallest absolute Gasteiger partial charge is 0.354 e. The number of esters is 1. The number of thioether (sulfide) groups is 1. The number of hydrogen-bond donors (Lipinski definition) is 1. The van der Waals surface area contributed by atoms with Crippen molar-refractivity contribution in [1.29, 1.82) is 0 Å². The first-order valence-corrected chi connectivity index (χ1v) is 10.6. The van der Waals surface area contributed by atoms with E-state index in [-0.39, 0.29) is 29.9 Å². The van der Waals surface area contributed by atoms with Gasteiger partial charge in [0.1, 0.15) is 11.8 Å². The molecule has 1 aliphatic rings. The van der Waals surface area contributed by atoms with Crippen LogP contribution in [0.4, 0.5) is 16.2 Å². The lowest BCUT2D eigenvalue weighted by molar-refractivity contribution is -0.135. The average Bonchev–Trinajstić information content (AvgIpc) is 3.21. The molecule has 0 saturated heterocycles. The summed E-state index contributed by atoms with van der Waals surface area (Å²) in [5.41, 5.74) is 1.40. The maximum absolute atomic E-state index is 13.2. The van der Waals surface area contributed by atoms with Gasteiger partial charge in [-0.3, -0.25) is 14.6 Å². The van der Waals surface area contributed by atoms with E-state index in [1.165, 1.54) is 9.91 Å². The largest absolute Gasteiger partial charge is 0.461 e. The Balaban J connectivity index is 1.83. The highest BCUT2D eigenvalue weighted by Crippen LogP contribution is 2.30. The second-order valence-corrected chi connectivity index (χ2v) is 7.91. The third-order valence-corrected chi connectivity index (χ3v) is 5.57. The van der Waals surface area contributed by atoms with E-state index < -0.39 is 12.0 Å². The molecule has 9 heteroatoms. The molecule has 31 heavy (non-hydrogen) atoms. The Morgan fingerprint density at radius 1 is 1.13 bits per heavy atom. The molecule has 0 fully saturated rings. The molecule has 0 aliphatic carbocycles. The Morgan fingerprint density at radius 3 is 2.48 bits per heavy atom. The van der Waals surface area contributed by atoms with Crippen molar-refractivity contribution in [2.45, 2.75) is 24.3 Å². The quantitative estimate of drug-likeness (QED) is 0.545. The van der Waals surface area contributed by atoms with E-state index in [0.717, 1.165) is 11.8 Å². The van der Waals surface area contributed by atoms with Crippen LogP contribution in [0.25, 0.3) is 0 Å². The molecule has 1 unspecified atom stereocenters. The third-order valence-electron chi connectivity index (χ3n) is 4.45. The molecule has 0 spiro atoms. The number of benzene rings is 2. The summed E-state index contributed by atoms with van der Waals surface area (Å²) in [4.78, 5) is 39.7. The van der Waals surface area contributed by atoms with Gasteiger partial charge in [0.25, 0.3) is 5.24 Å². The number of amides is 2. The molecule has 1 atom stereocenters. The summed E-state index contributed by atoms with van der Waals surface area (Å²) in [6.07, 6.45) is 0.117. The summed E-state index contributed by atoms with van der Waals surface area (Å²) < 4.78 is 5.07. The molecular weight excluding hydrogens is 416 g/mol. The summed E-state index contributed by atoms with van der Waals surface area (Å²) >= 11 is 1.03. The van der Waals surface area contributed by atoms with Crippen molar-refractivity contribution in [3.63, 3.8) is 0 Å². The lowest BCUT2D eigenvalue weighted by Crippen LogP contribution is -2.39. The zero-order valence-electron chi connectivity index (χ0n) is 17.6. The van der Waals surface area contributed by atoms with E-state index in [4.69, 9.17) is 4.74 Å². The standard InChI is InChI=1S/C22H24N4O4S/c1-4-30-21(28)17-14-18(26(24-17)15-10-6-5-7-11-15)20(27)23-16-12-8-9-13-19(16)31-22(29)25(2)3/h5-13,18H,4,14H2,1-3H3,(H,23,27). The van der Waals surface area contributed by atoms with Gasteiger partial charge >= 0.3 is 5.97 Å². The summed E-state index contributed by atoms with van der Waals surface area (Å²) in [5.74, 6) is -0.872. The SMILES string of the molecule is CCOC(=O)C1=NN(c2ccccc2)C(C(=O)Nc2ccccc2SC(=O)N(C)C)C1. The van der Waals surface area contributed by atoms with Gasteiger partial charge in [-0.05, 0) is 43.0 Å². The first-order valence-electron chi connectivity index (χ1n) is 9.78. The number of carbonyl (C=O) groups excluding carboxylic acids is 3. The Hall–Kier alpha value is -3.33. The minimum absolute atomic E-state index is 0.117. The van der Waals surface area contributed by atoms with E-state index in [9.17, 15) is 14.4 Å². The average molecular weight is 441 g/mol. The lowest BCUT2D eigenvalue weighted by atomic mass is 10.1. The van der Waals surface area contributed by atoms with Gasteiger partial charge in [0, 0.05) is 25.4 Å². The Bertz CT molecular complexity index is 994. The number of carbonyl (C=O) groups is 3. The number of rotatable bonds is 6. The van der Waals surface area contributed by atoms with Crippen molar-refractivity contribution < 1.29 is 19.1 Å². The van der Waals surface area contributed by atoms with Crippen molar-refractivity contribution in [2.75, 3.05) is 31.0 Å². The summed E-state index contributed by atoms with van der Waals surface area (Å²) in [6, 6.07) is 15.5. The van der Waals surface area contributed by atoms with E-state index in [2.05, 4.69) is 10.4 Å². The van der Waals surface area contributed by atoms with Crippen LogP contribution in [0.15, 0.2) is 64.6 Å². The molecule has 0 radical (unpaired) electrons. The molecule has 162 valence electrons. The molecule has 1 aliphatic heterocycles. The first kappa shape index (κ1) is 22.4. The molecule has 8 nitrogen and oxygen atoms in total. The predicted octanol–water partition coefficient (Wildman–Crippen LogP) is 3.60. The zero-order chi connectivity index (χ0) is 22.4. The van der Waals surface area contributed by atoms with Crippen LogP contribution in [0, 0.1) is 0 Å². The first-order chi connectivity index (χ1) is 14.9. The monoisotopic (exact) mass is 440 g/mol. The van der Waals surface area contributed by atoms with Crippen molar-refractivity contribution in [2.24, 2.45) is 5.10 Å². The van der Waals surface area contributed by atoms with Crippen LogP contribution in [0.1, 0.15) is 13.3 Å². The molecule has 2 aromatic rings. The number of hydrazone groups is 1. The van der Waals surface area contributed by atoms with Gasteiger partial charge in [0.2, 0.25) is 5.91 Å². The molecule has 1 N–H and O–H groups in total. The van der Waals surface area contributed by atoms with Crippen molar-refractivity contribution >= 4 is 46.0 Å². The number of nitrogens with zero attached hydrogens (tertiary/aromatic N) is 3. The number of anilines is 2. The molecule has 1 heterocycles. The van der Waals surface area contributed by atoms with Crippen LogP contribution in [0.2, 0.25) is 0 Å². The van der Waals surface area contributed by atoms with Crippen LogP contribution >= 0.6 is 11.8 Å². The Kier molecular flexibility index (Phi) is 7.30. The van der Waals surface area contributed by atoms with Gasteiger partial charge in [-0.25, -0.2) is 4.79 Å². The summed E-state index contributed by atoms with van der Waals surface area (Å²) in [6.45, 7) is 1.95. The Morgan fingerprint density at radius 2 is 1.81 bits per heavy atom. The normalized spacial score (nSPS) is 15.3. The van der Waals surface area contributed by atoms with Gasteiger partial charge < -0.3 is 15.0 Å². The van der Waals surface area contributed by atoms with E-state index >= 15 is 0 Å². The second kappa shape index (κ2) is 10.1. The van der Waals surface area contributed by atoms with E-state index in [0.29, 0.717) is 16.3 Å². The van der Waals surface area contributed by atoms with Crippen molar-refractivity contribution in [3.8, 4) is 0 Å². The fourth-order valence-corrected chi connectivity index (χ4v) is 3.68. The maximum Gasteiger partial charge on any atom is 0.354 e. The van der Waals surface area contributed by atoms with Gasteiger partial charge in [0.15, 0.2) is 0 Å². The number of hydrogen-bond acceptors (Lipinski definition) is 7. The summed E-state index contributed by atoms with van der Waals surface area (Å²) in [7, 11) is 3.34. The minimum Gasteiger partial charge on any atom is -0.461 e. The second-order valence-electron chi connectivity index (χ2n) is 6.92. The van der Waals surface area contributed by atoms with Gasteiger partial charge in [-0.2, -0.15) is 5.10 Å². The topological polar surface area (TPSA) is 91.3 Å². The van der Waals surface area contributed by atoms with Crippen molar-refractivity contribution in [3.05, 3.63) is 54.6 Å². The third kappa shape index (κ3) is 5.43. The molecular formula is C22H24N4O4S. The predicted molar refractivity (Wildman–Crippen MR) is 121 cm³/mol. The summed E-state index contributed by atoms with van der Waals surface area (Å²) in [5, 5.41) is 8.63. The van der Waals surface area contributed by atoms with Crippen LogP contribution in [0.3, 0.4) is 0 Å². The molecule has 0 aromatic heterocycles. The molecule has 0 saturated carbocycles. The highest BCUT2D eigenvalue weighted by Gasteiger charge is 2.37. The van der Waals surface area contributed by atoms with Gasteiger partial charge in [0.05, 0.1) is 18.0 Å². The maximum atomic E-state index is 13.2. The van der Waals surface area contributed by atoms with Crippen LogP contribution in [-0.2, 0) is 14.3 Å². The van der Waals surface area contributed by atoms with Gasteiger partial charge in [-0.1, -0.05) is 30.3 Å². The molecule has 2 amide bonds. The fraction of sp³-hybridized carbons (Fsp3) is 0.273. The number of ether oxygens (including phenoxy) is 1. The minimum atomic E-state index is -0.732. The zero-order valence-corrected chi connectivity index (χ0v) is 18.4.